The van der Waals surface area contributed by atoms with Crippen molar-refractivity contribution in [2.24, 2.45) is 0 Å². The molecule has 0 saturated carbocycles. The second kappa shape index (κ2) is 7.89. The van der Waals surface area contributed by atoms with Gasteiger partial charge in [0.2, 0.25) is 0 Å². The van der Waals surface area contributed by atoms with Gasteiger partial charge in [0.15, 0.2) is 0 Å². The highest BCUT2D eigenvalue weighted by Crippen LogP contribution is 2.42. The third-order valence-corrected chi connectivity index (χ3v) is 5.65. The summed E-state index contributed by atoms with van der Waals surface area (Å²) in [5.74, 6) is 0. The van der Waals surface area contributed by atoms with Gasteiger partial charge in [-0.25, -0.2) is 0 Å². The number of hydrogen-bond acceptors (Lipinski definition) is 6. The predicted molar refractivity (Wildman–Crippen MR) is 102 cm³/mol. The first-order chi connectivity index (χ1) is 13.4. The van der Waals surface area contributed by atoms with Crippen LogP contribution in [0.1, 0.15) is 11.1 Å². The summed E-state index contributed by atoms with van der Waals surface area (Å²) in [6.07, 6.45) is -4.65. The minimum absolute atomic E-state index is 0.187. The molecule has 4 rings (SSSR count). The molecule has 0 aromatic heterocycles. The maximum atomic E-state index is 10.6. The summed E-state index contributed by atoms with van der Waals surface area (Å²) in [6, 6.07) is 17.8. The zero-order valence-corrected chi connectivity index (χ0v) is 16.3. The van der Waals surface area contributed by atoms with Crippen molar-refractivity contribution in [3.05, 3.63) is 71.8 Å². The fourth-order valence-corrected chi connectivity index (χ4v) is 3.87. The lowest BCUT2D eigenvalue weighted by atomic mass is 10.0. The highest BCUT2D eigenvalue weighted by molar-refractivity contribution is 6.22. The van der Waals surface area contributed by atoms with E-state index in [0.717, 1.165) is 0 Å². The quantitative estimate of drug-likeness (QED) is 0.718. The van der Waals surface area contributed by atoms with E-state index < -0.39 is 34.9 Å². The van der Waals surface area contributed by atoms with Gasteiger partial charge >= 0.3 is 0 Å². The molecule has 0 spiro atoms. The molecule has 2 heterocycles. The lowest BCUT2D eigenvalue weighted by Gasteiger charge is -2.36. The second-order valence-corrected chi connectivity index (χ2v) is 7.72. The summed E-state index contributed by atoms with van der Waals surface area (Å²) in [6.45, 7) is -0.373. The van der Waals surface area contributed by atoms with Crippen LogP contribution in [-0.4, -0.2) is 47.8 Å². The van der Waals surface area contributed by atoms with Crippen LogP contribution in [0.4, 0.5) is 0 Å². The third kappa shape index (κ3) is 3.79. The summed E-state index contributed by atoms with van der Waals surface area (Å²) in [4.78, 5) is 0. The fraction of sp³-hybridized carbons (Fsp3) is 0.400. The van der Waals surface area contributed by atoms with Crippen LogP contribution in [0.2, 0.25) is 0 Å². The van der Waals surface area contributed by atoms with E-state index in [1.807, 2.05) is 12.1 Å². The van der Waals surface area contributed by atoms with Crippen molar-refractivity contribution in [3.8, 4) is 0 Å². The maximum absolute atomic E-state index is 10.6. The van der Waals surface area contributed by atoms with Crippen molar-refractivity contribution in [2.45, 2.75) is 34.9 Å². The van der Waals surface area contributed by atoms with Crippen molar-refractivity contribution in [1.82, 2.24) is 0 Å². The Morgan fingerprint density at radius 3 is 1.50 bits per heavy atom. The highest BCUT2D eigenvalue weighted by atomic mass is 35.5. The molecule has 2 unspecified atom stereocenters. The normalized spacial score (nSPS) is 38.9. The van der Waals surface area contributed by atoms with Gasteiger partial charge in [-0.3, -0.25) is 0 Å². The molecule has 0 aliphatic carbocycles. The number of ether oxygens (including phenoxy) is 4. The number of benzene rings is 2. The molecule has 6 nitrogen and oxygen atoms in total. The van der Waals surface area contributed by atoms with Crippen molar-refractivity contribution in [2.75, 3.05) is 13.2 Å². The first-order valence-corrected chi connectivity index (χ1v) is 9.65. The van der Waals surface area contributed by atoms with Gasteiger partial charge in [-0.1, -0.05) is 83.9 Å². The van der Waals surface area contributed by atoms with Crippen LogP contribution >= 0.6 is 23.2 Å². The number of aliphatic hydroxyl groups excluding tert-OH is 2. The average Bonchev–Trinajstić information content (AvgIpc) is 2.80. The van der Waals surface area contributed by atoms with Crippen LogP contribution in [0.25, 0.3) is 0 Å². The zero-order valence-electron chi connectivity index (χ0n) is 14.8. The van der Waals surface area contributed by atoms with E-state index in [0.29, 0.717) is 11.1 Å². The molecular weight excluding hydrogens is 407 g/mol. The molecule has 2 saturated heterocycles. The zero-order chi connectivity index (χ0) is 19.8. The Morgan fingerprint density at radius 2 is 1.07 bits per heavy atom. The van der Waals surface area contributed by atoms with E-state index in [-0.39, 0.29) is 13.2 Å². The van der Waals surface area contributed by atoms with Crippen molar-refractivity contribution in [3.63, 3.8) is 0 Å². The minimum Gasteiger partial charge on any atom is -0.387 e. The Bertz CT molecular complexity index is 768. The Morgan fingerprint density at radius 1 is 0.679 bits per heavy atom. The van der Waals surface area contributed by atoms with Crippen LogP contribution < -0.4 is 0 Å². The number of fused-ring (bicyclic) bond motifs is 3. The molecule has 6 atom stereocenters. The lowest BCUT2D eigenvalue weighted by Crippen LogP contribution is -2.45. The molecule has 2 aliphatic rings. The van der Waals surface area contributed by atoms with E-state index in [1.54, 1.807) is 48.5 Å². The smallest absolute Gasteiger partial charge is 0.277 e. The Hall–Kier alpha value is -1.22. The third-order valence-electron chi connectivity index (χ3n) is 4.82. The molecule has 0 radical (unpaired) electrons. The molecule has 2 fully saturated rings. The first-order valence-electron chi connectivity index (χ1n) is 8.90. The summed E-state index contributed by atoms with van der Waals surface area (Å²) >= 11 is 13.2. The van der Waals surface area contributed by atoms with Gasteiger partial charge in [-0.2, -0.15) is 0 Å². The molecule has 2 bridgehead atoms. The van der Waals surface area contributed by atoms with Crippen molar-refractivity contribution >= 4 is 23.2 Å². The van der Waals surface area contributed by atoms with Crippen molar-refractivity contribution < 1.29 is 29.2 Å². The van der Waals surface area contributed by atoms with Gasteiger partial charge in [0.05, 0.1) is 13.2 Å². The number of alkyl halides is 2. The topological polar surface area (TPSA) is 77.4 Å². The van der Waals surface area contributed by atoms with Gasteiger partial charge in [0, 0.05) is 11.1 Å². The lowest BCUT2D eigenvalue weighted by molar-refractivity contribution is -0.285. The Balaban J connectivity index is 1.68. The molecule has 28 heavy (non-hydrogen) atoms. The summed E-state index contributed by atoms with van der Waals surface area (Å²) in [5.41, 5.74) is 1.09. The van der Waals surface area contributed by atoms with Gasteiger partial charge in [0.25, 0.3) is 10.5 Å². The number of halogens is 2. The van der Waals surface area contributed by atoms with Gasteiger partial charge < -0.3 is 29.2 Å². The van der Waals surface area contributed by atoms with Gasteiger partial charge in [-0.05, 0) is 0 Å². The van der Waals surface area contributed by atoms with E-state index in [2.05, 4.69) is 0 Å². The first kappa shape index (κ1) is 20.1. The maximum Gasteiger partial charge on any atom is 0.277 e. The number of hydrogen-bond donors (Lipinski definition) is 2. The summed E-state index contributed by atoms with van der Waals surface area (Å²) in [7, 11) is 0. The van der Waals surface area contributed by atoms with Gasteiger partial charge in [0.1, 0.15) is 24.4 Å². The number of rotatable bonds is 2. The van der Waals surface area contributed by atoms with E-state index in [4.69, 9.17) is 42.1 Å². The average molecular weight is 427 g/mol. The SMILES string of the molecule is O[C@@H]1[C@@H](O)[C@H]2COC(Cl)(c3ccccc3)OC[C@@H]1OC(Cl)(c1ccccc1)O2. The minimum atomic E-state index is -1.72. The monoisotopic (exact) mass is 426 g/mol. The Kier molecular flexibility index (Phi) is 5.66. The molecule has 2 aromatic rings. The van der Waals surface area contributed by atoms with Crippen LogP contribution in [0.15, 0.2) is 60.7 Å². The molecule has 0 amide bonds. The molecule has 2 aromatic carbocycles. The second-order valence-electron chi connectivity index (χ2n) is 6.72. The molecule has 2 aliphatic heterocycles. The standard InChI is InChI=1S/C20H20Cl2O6/c21-19(13-7-3-1-4-8-13)25-11-15-17(23)18(24)16(12-26-19)28-20(22,27-15)14-9-5-2-6-10-14/h1-10,15-18,23-24H,11-12H2/t15-,16+,17-,18-,19?,20?/m0/s1. The largest absolute Gasteiger partial charge is 0.387 e. The summed E-state index contributed by atoms with van der Waals surface area (Å²) in [5, 5.41) is 17.9. The Labute approximate surface area is 172 Å². The highest BCUT2D eigenvalue weighted by Gasteiger charge is 2.51. The van der Waals surface area contributed by atoms with E-state index in [1.165, 1.54) is 0 Å². The fourth-order valence-electron chi connectivity index (χ4n) is 3.26. The van der Waals surface area contributed by atoms with Crippen molar-refractivity contribution in [1.29, 1.82) is 0 Å². The van der Waals surface area contributed by atoms with Gasteiger partial charge in [-0.15, -0.1) is 0 Å². The van der Waals surface area contributed by atoms with Crippen LogP contribution in [-0.2, 0) is 29.4 Å². The van der Waals surface area contributed by atoms with E-state index in [9.17, 15) is 10.2 Å². The van der Waals surface area contributed by atoms with Crippen LogP contribution in [0.5, 0.6) is 0 Å². The van der Waals surface area contributed by atoms with Crippen LogP contribution in [0.3, 0.4) is 0 Å². The van der Waals surface area contributed by atoms with E-state index >= 15 is 0 Å². The summed E-state index contributed by atoms with van der Waals surface area (Å²) < 4.78 is 23.4. The predicted octanol–water partition coefficient (Wildman–Crippen LogP) is 2.64. The van der Waals surface area contributed by atoms with Crippen LogP contribution in [0, 0.1) is 0 Å². The number of aliphatic hydroxyl groups is 2. The molecule has 150 valence electrons. The molecule has 8 heteroatoms. The molecule has 2 N–H and O–H groups in total. The molecular formula is C20H20Cl2O6.